The second-order valence-electron chi connectivity index (χ2n) is 21.2. The zero-order valence-corrected chi connectivity index (χ0v) is 48.3. The summed E-state index contributed by atoms with van der Waals surface area (Å²) in [6, 6.07) is 27.8. The van der Waals surface area contributed by atoms with Gasteiger partial charge in [-0.05, 0) is 94.9 Å². The Bertz CT molecular complexity index is 2870. The van der Waals surface area contributed by atoms with Gasteiger partial charge in [-0.25, -0.2) is 24.0 Å². The predicted octanol–water partition coefficient (Wildman–Crippen LogP) is 7.09. The van der Waals surface area contributed by atoms with E-state index in [1.165, 1.54) is 12.8 Å². The number of hydrogen-bond donors (Lipinski definition) is 9. The number of imide groups is 1. The number of nitrogens with zero attached hydrogens (tertiary/aromatic N) is 1. The van der Waals surface area contributed by atoms with Gasteiger partial charge in [0.25, 0.3) is 11.8 Å². The third-order valence-electron chi connectivity index (χ3n) is 14.3. The van der Waals surface area contributed by atoms with Crippen LogP contribution < -0.4 is 38.5 Å². The number of ketones is 1. The van der Waals surface area contributed by atoms with E-state index in [2.05, 4.69) is 21.3 Å². The van der Waals surface area contributed by atoms with Crippen LogP contribution in [0.5, 0.6) is 0 Å². The van der Waals surface area contributed by atoms with E-state index in [1.807, 2.05) is 97.1 Å². The molecule has 2 aliphatic heterocycles. The highest BCUT2D eigenvalue weighted by Crippen LogP contribution is 2.46. The fourth-order valence-electron chi connectivity index (χ4n) is 9.87. The fourth-order valence-corrected chi connectivity index (χ4v) is 9.87. The highest BCUT2D eigenvalue weighted by molar-refractivity contribution is 6.02. The van der Waals surface area contributed by atoms with Crippen LogP contribution in [0.1, 0.15) is 127 Å². The predicted molar refractivity (Wildman–Crippen MR) is 318 cm³/mol. The van der Waals surface area contributed by atoms with Crippen molar-refractivity contribution >= 4 is 59.8 Å². The normalized spacial score (nSPS) is 14.8. The van der Waals surface area contributed by atoms with Crippen molar-refractivity contribution in [2.75, 3.05) is 39.5 Å². The van der Waals surface area contributed by atoms with E-state index >= 15 is 0 Å². The molecule has 0 radical (unpaired) electrons. The molecule has 0 unspecified atom stereocenters. The zero-order chi connectivity index (χ0) is 62.2. The van der Waals surface area contributed by atoms with Crippen molar-refractivity contribution in [1.82, 2.24) is 26.3 Å². The van der Waals surface area contributed by atoms with Crippen molar-refractivity contribution in [3.8, 4) is 22.3 Å². The molecular weight excluding hydrogens is 1110 g/mol. The number of carbonyl (C=O) groups excluding carboxylic acids is 8. The summed E-state index contributed by atoms with van der Waals surface area (Å²) in [5.74, 6) is -6.33. The molecule has 2 aliphatic carbocycles. The van der Waals surface area contributed by atoms with Gasteiger partial charge in [-0.1, -0.05) is 132 Å². The number of carboxylic acid groups (broad SMARTS) is 2. The smallest absolute Gasteiger partial charge is 0.407 e. The van der Waals surface area contributed by atoms with Crippen molar-refractivity contribution in [3.05, 3.63) is 119 Å². The number of nitrogens with two attached hydrogens (primary N) is 3. The molecule has 4 aliphatic rings. The van der Waals surface area contributed by atoms with Crippen molar-refractivity contribution < 1.29 is 77.2 Å². The Labute approximate surface area is 500 Å². The van der Waals surface area contributed by atoms with E-state index < -0.39 is 78.0 Å². The van der Waals surface area contributed by atoms with E-state index in [-0.39, 0.29) is 82.3 Å². The monoisotopic (exact) mass is 1190 g/mol. The van der Waals surface area contributed by atoms with E-state index in [0.717, 1.165) is 57.7 Å². The van der Waals surface area contributed by atoms with Crippen LogP contribution in [0, 0.1) is 17.8 Å². The summed E-state index contributed by atoms with van der Waals surface area (Å²) in [5.41, 5.74) is 23.7. The minimum absolute atomic E-state index is 0. The first-order chi connectivity index (χ1) is 40.6. The molecule has 8 amide bonds. The van der Waals surface area contributed by atoms with Gasteiger partial charge in [-0.2, -0.15) is 0 Å². The molecule has 4 atom stereocenters. The number of urea groups is 2. The molecule has 8 rings (SSSR count). The average Bonchev–Trinajstić information content (AvgIpc) is 1.77. The molecule has 24 heteroatoms. The van der Waals surface area contributed by atoms with Crippen molar-refractivity contribution in [2.24, 2.45) is 35.0 Å². The van der Waals surface area contributed by atoms with Gasteiger partial charge in [0.05, 0.1) is 12.0 Å². The van der Waals surface area contributed by atoms with E-state index in [1.54, 1.807) is 27.7 Å². The summed E-state index contributed by atoms with van der Waals surface area (Å²) >= 11 is 0. The number of carbonyl (C=O) groups is 10. The van der Waals surface area contributed by atoms with Crippen LogP contribution in [0.2, 0.25) is 0 Å². The van der Waals surface area contributed by atoms with Crippen LogP contribution in [0.4, 0.5) is 19.2 Å². The number of carboxylic acids is 2. The van der Waals surface area contributed by atoms with Gasteiger partial charge in [0.2, 0.25) is 0 Å². The molecule has 0 bridgehead atoms. The highest BCUT2D eigenvalue weighted by Gasteiger charge is 2.38. The summed E-state index contributed by atoms with van der Waals surface area (Å²) in [6.07, 6.45) is 2.21. The molecule has 4 aromatic carbocycles. The lowest BCUT2D eigenvalue weighted by Crippen LogP contribution is -2.48. The molecule has 466 valence electrons. The van der Waals surface area contributed by atoms with E-state index in [9.17, 15) is 53.1 Å². The van der Waals surface area contributed by atoms with Crippen LogP contribution in [-0.4, -0.2) is 133 Å². The minimum atomic E-state index is -1.11. The van der Waals surface area contributed by atoms with Crippen molar-refractivity contribution in [3.63, 3.8) is 0 Å². The summed E-state index contributed by atoms with van der Waals surface area (Å²) in [6.45, 7) is 9.77. The Hall–Kier alpha value is -8.90. The number of hydrogen-bond acceptors (Lipinski definition) is 15. The first kappa shape index (κ1) is 69.6. The number of hydroxylamine groups is 2. The van der Waals surface area contributed by atoms with Gasteiger partial charge in [-0.15, -0.1) is 5.06 Å². The summed E-state index contributed by atoms with van der Waals surface area (Å²) in [7, 11) is 0. The first-order valence-corrected chi connectivity index (χ1v) is 28.3. The largest absolute Gasteiger partial charge is 0.481 e. The van der Waals surface area contributed by atoms with Crippen molar-refractivity contribution in [2.45, 2.75) is 123 Å². The Morgan fingerprint density at radius 2 is 0.977 bits per heavy atom. The van der Waals surface area contributed by atoms with Gasteiger partial charge in [-0.3, -0.25) is 24.0 Å². The third kappa shape index (κ3) is 20.7. The Balaban J connectivity index is 0.000000288. The van der Waals surface area contributed by atoms with Gasteiger partial charge in [0, 0.05) is 57.4 Å². The lowest BCUT2D eigenvalue weighted by atomic mass is 9.90. The maximum absolute atomic E-state index is 12.9. The number of Topliss-reactive ketones (excluding diaryl/α,β-unsaturated/α-hetero) is 1. The number of fused-ring (bicyclic) bond motifs is 6. The third-order valence-corrected chi connectivity index (χ3v) is 14.3. The van der Waals surface area contributed by atoms with Crippen LogP contribution in [0.3, 0.4) is 0 Å². The molecule has 0 spiro atoms. The number of nitrogens with one attached hydrogen (secondary N) is 4. The Kier molecular flexibility index (Phi) is 28.1. The van der Waals surface area contributed by atoms with Crippen LogP contribution >= 0.6 is 0 Å². The lowest BCUT2D eigenvalue weighted by molar-refractivity contribution is -0.199. The zero-order valence-electron chi connectivity index (χ0n) is 48.3. The van der Waals surface area contributed by atoms with Crippen molar-refractivity contribution in [1.29, 1.82) is 0 Å². The maximum atomic E-state index is 12.9. The Morgan fingerprint density at radius 1 is 0.593 bits per heavy atom. The van der Waals surface area contributed by atoms with Gasteiger partial charge < -0.3 is 67.7 Å². The molecule has 12 N–H and O–H groups in total. The Morgan fingerprint density at radius 3 is 1.33 bits per heavy atom. The number of ether oxygens (including phenoxy) is 3. The summed E-state index contributed by atoms with van der Waals surface area (Å²) in [4.78, 5) is 122. The molecule has 0 aromatic heterocycles. The van der Waals surface area contributed by atoms with Gasteiger partial charge >= 0.3 is 42.2 Å². The van der Waals surface area contributed by atoms with Gasteiger partial charge in [0.1, 0.15) is 25.3 Å². The molecule has 0 saturated carbocycles. The summed E-state index contributed by atoms with van der Waals surface area (Å²) in [5, 5.41) is 28.2. The second-order valence-corrected chi connectivity index (χ2v) is 21.2. The number of amides is 8. The quantitative estimate of drug-likeness (QED) is 0.0264. The molecule has 2 fully saturated rings. The molecule has 2 saturated heterocycles. The first-order valence-electron chi connectivity index (χ1n) is 28.3. The number of alkyl carbamates (subject to hydrolysis) is 2. The molecular formula is C62H82N8O16. The topological polar surface area (TPSA) is 377 Å². The molecule has 24 nitrogen and oxygen atoms in total. The second kappa shape index (κ2) is 34.8. The lowest BCUT2D eigenvalue weighted by Gasteiger charge is -2.23. The maximum Gasteiger partial charge on any atom is 0.407 e. The number of aliphatic carboxylic acids is 2. The van der Waals surface area contributed by atoms with Gasteiger partial charge in [0.15, 0.2) is 5.78 Å². The number of primary amides is 2. The highest BCUT2D eigenvalue weighted by atomic mass is 16.7. The summed E-state index contributed by atoms with van der Waals surface area (Å²) < 4.78 is 16.0. The van der Waals surface area contributed by atoms with Crippen LogP contribution in [0.15, 0.2) is 97.1 Å². The number of benzene rings is 4. The van der Waals surface area contributed by atoms with Crippen LogP contribution in [-0.2, 0) is 47.8 Å². The minimum Gasteiger partial charge on any atom is -0.481 e. The van der Waals surface area contributed by atoms with E-state index in [0.29, 0.717) is 30.9 Å². The molecule has 2 heterocycles. The van der Waals surface area contributed by atoms with E-state index in [4.69, 9.17) is 41.4 Å². The SMILES string of the molecule is C.C1CCOC1.CC(C)[C@H](NC(=O)OCC1c2ccccc2-c2ccccc21)C(=O)C[C@@H](CCCNC(N)=O)C(=O)O.CC(C)[C@H](NC(=O)OCC1c2ccccc2-c2ccccc21)C(=O)ON1C(=O)CCC1=O.NC(=O)NCCC[C@H](N)C(=O)O. The standard InChI is InChI=1S/C27H33N3O6.C24H24N2O6.C6H13N3O3.C4H8O.CH4/c1-16(2)24(23(31)14-17(25(32)33)8-7-13-29-26(28)34)30-27(35)36-15-22-20-11-5-3-9-18(20)19-10-4-6-12-21(19)22;1-14(2)22(23(29)32-26-20(27)11-12-21(26)28)25-24(30)31-13-19-17-9-5-3-7-15(17)16-8-4-6-10-18(16)19;7-4(5(10)11)2-1-3-9-6(8)12;1-2-4-5-3-1;/h3-6,9-12,16-17,22,24H,7-8,13-15H2,1-2H3,(H,30,35)(H,32,33)(H3,28,29,34);3-10,14,19,22H,11-13H2,1-2H3,(H,25,30);4H,1-3,7H2,(H,10,11)(H3,8,9,12);1-4H2;1H4/t17-,24+;22-;4-;;/m100../s1. The average molecular weight is 1200 g/mol. The fraction of sp³-hybridized carbons (Fsp3) is 0.452. The van der Waals surface area contributed by atoms with Crippen LogP contribution in [0.25, 0.3) is 22.3 Å². The molecule has 86 heavy (non-hydrogen) atoms. The molecule has 4 aromatic rings. The number of rotatable bonds is 23.